The number of benzene rings is 2. The van der Waals surface area contributed by atoms with Crippen molar-refractivity contribution in [2.24, 2.45) is 5.10 Å². The molecule has 0 radical (unpaired) electrons. The van der Waals surface area contributed by atoms with E-state index >= 15 is 0 Å². The molecular weight excluding hydrogens is 505 g/mol. The van der Waals surface area contributed by atoms with E-state index in [-0.39, 0.29) is 5.91 Å². The molecule has 2 aromatic carbocycles. The molecule has 0 unspecified atom stereocenters. The second-order valence-corrected chi connectivity index (χ2v) is 8.01. The molecule has 6 heteroatoms. The Hall–Kier alpha value is -1.93. The molecule has 0 aliphatic carbocycles. The van der Waals surface area contributed by atoms with Crippen LogP contribution in [0.15, 0.2) is 64.2 Å². The number of hydrogen-bond donors (Lipinski definition) is 1. The fourth-order valence-corrected chi connectivity index (χ4v) is 3.52. The Kier molecular flexibility index (Phi) is 5.93. The lowest BCUT2D eigenvalue weighted by Crippen LogP contribution is -2.17. The molecule has 0 bridgehead atoms. The van der Waals surface area contributed by atoms with Crippen molar-refractivity contribution < 1.29 is 4.79 Å². The molecule has 3 rings (SSSR count). The summed E-state index contributed by atoms with van der Waals surface area (Å²) in [6.45, 7) is 4.10. The molecule has 1 N–H and O–H groups in total. The molecule has 1 aromatic heterocycles. The third-order valence-electron chi connectivity index (χ3n) is 4.01. The van der Waals surface area contributed by atoms with E-state index < -0.39 is 0 Å². The predicted molar refractivity (Wildman–Crippen MR) is 117 cm³/mol. The first kappa shape index (κ1) is 18.8. The summed E-state index contributed by atoms with van der Waals surface area (Å²) in [5.41, 5.74) is 7.40. The van der Waals surface area contributed by atoms with E-state index in [0.717, 1.165) is 27.1 Å². The summed E-state index contributed by atoms with van der Waals surface area (Å²) in [7, 11) is 0. The Morgan fingerprint density at radius 3 is 2.58 bits per heavy atom. The Labute approximate surface area is 174 Å². The molecule has 1 amide bonds. The molecule has 0 atom stereocenters. The lowest BCUT2D eigenvalue weighted by Gasteiger charge is -2.09. The van der Waals surface area contributed by atoms with Gasteiger partial charge in [0.1, 0.15) is 0 Å². The van der Waals surface area contributed by atoms with E-state index in [1.165, 1.54) is 3.57 Å². The van der Waals surface area contributed by atoms with E-state index in [1.807, 2.05) is 19.1 Å². The summed E-state index contributed by atoms with van der Waals surface area (Å²) < 4.78 is 4.23. The van der Waals surface area contributed by atoms with Crippen molar-refractivity contribution in [3.8, 4) is 5.69 Å². The van der Waals surface area contributed by atoms with E-state index in [9.17, 15) is 4.79 Å². The van der Waals surface area contributed by atoms with Gasteiger partial charge in [-0.25, -0.2) is 5.43 Å². The summed E-state index contributed by atoms with van der Waals surface area (Å²) >= 11 is 5.66. The predicted octanol–water partition coefficient (Wildman–Crippen LogP) is 5.23. The summed E-state index contributed by atoms with van der Waals surface area (Å²) in [6, 6.07) is 17.6. The van der Waals surface area contributed by atoms with Gasteiger partial charge in [-0.15, -0.1) is 0 Å². The van der Waals surface area contributed by atoms with Crippen LogP contribution >= 0.6 is 38.5 Å². The van der Waals surface area contributed by atoms with Gasteiger partial charge in [-0.05, 0) is 85.0 Å². The van der Waals surface area contributed by atoms with Crippen LogP contribution in [0.25, 0.3) is 5.69 Å². The second-order valence-electron chi connectivity index (χ2n) is 5.85. The van der Waals surface area contributed by atoms with Crippen molar-refractivity contribution in [2.45, 2.75) is 13.8 Å². The van der Waals surface area contributed by atoms with Crippen LogP contribution in [0.2, 0.25) is 0 Å². The number of hydrazone groups is 1. The first-order valence-electron chi connectivity index (χ1n) is 7.99. The minimum absolute atomic E-state index is 0.242. The maximum absolute atomic E-state index is 12.1. The normalized spacial score (nSPS) is 11.1. The Bertz CT molecular complexity index is 977. The Morgan fingerprint density at radius 1 is 1.15 bits per heavy atom. The zero-order valence-corrected chi connectivity index (χ0v) is 18.1. The molecule has 1 heterocycles. The van der Waals surface area contributed by atoms with Gasteiger partial charge in [0.05, 0.1) is 6.21 Å². The van der Waals surface area contributed by atoms with Crippen LogP contribution in [0.3, 0.4) is 0 Å². The van der Waals surface area contributed by atoms with Gasteiger partial charge in [-0.3, -0.25) is 4.79 Å². The standard InChI is InChI=1S/C20H17BrIN3O/c1-13-10-16(14(2)25(13)19-8-6-18(22)7-9-19)12-23-24-20(26)15-4-3-5-17(21)11-15/h3-12H,1-2H3,(H,24,26)/b23-12-. The number of amides is 1. The molecular formula is C20H17BrIN3O. The van der Waals surface area contributed by atoms with Crippen molar-refractivity contribution >= 4 is 50.6 Å². The number of rotatable bonds is 4. The van der Waals surface area contributed by atoms with Gasteiger partial charge in [0.25, 0.3) is 5.91 Å². The third kappa shape index (κ3) is 4.24. The van der Waals surface area contributed by atoms with Crippen LogP contribution in [-0.2, 0) is 0 Å². The number of carbonyl (C=O) groups is 1. The van der Waals surface area contributed by atoms with Gasteiger partial charge in [-0.2, -0.15) is 5.10 Å². The van der Waals surface area contributed by atoms with E-state index in [4.69, 9.17) is 0 Å². The number of halogens is 2. The van der Waals surface area contributed by atoms with Gasteiger partial charge >= 0.3 is 0 Å². The molecule has 26 heavy (non-hydrogen) atoms. The molecule has 132 valence electrons. The summed E-state index contributed by atoms with van der Waals surface area (Å²) in [5, 5.41) is 4.12. The van der Waals surface area contributed by atoms with Crippen LogP contribution in [0.4, 0.5) is 0 Å². The number of aromatic nitrogens is 1. The van der Waals surface area contributed by atoms with Crippen molar-refractivity contribution in [2.75, 3.05) is 0 Å². The van der Waals surface area contributed by atoms with Crippen LogP contribution in [0.5, 0.6) is 0 Å². The number of carbonyl (C=O) groups excluding carboxylic acids is 1. The largest absolute Gasteiger partial charge is 0.318 e. The number of hydrogen-bond acceptors (Lipinski definition) is 2. The van der Waals surface area contributed by atoms with Gasteiger partial charge in [0, 0.05) is 36.2 Å². The quantitative estimate of drug-likeness (QED) is 0.285. The highest BCUT2D eigenvalue weighted by molar-refractivity contribution is 14.1. The highest BCUT2D eigenvalue weighted by Gasteiger charge is 2.10. The van der Waals surface area contributed by atoms with Crippen molar-refractivity contribution in [3.63, 3.8) is 0 Å². The Balaban J connectivity index is 1.78. The zero-order valence-electron chi connectivity index (χ0n) is 14.3. The minimum Gasteiger partial charge on any atom is -0.318 e. The molecule has 0 aliphatic heterocycles. The summed E-state index contributed by atoms with van der Waals surface area (Å²) in [4.78, 5) is 12.1. The molecule has 0 saturated heterocycles. The average Bonchev–Trinajstić information content (AvgIpc) is 2.89. The molecule has 4 nitrogen and oxygen atoms in total. The summed E-state index contributed by atoms with van der Waals surface area (Å²) in [6.07, 6.45) is 1.68. The fraction of sp³-hybridized carbons (Fsp3) is 0.100. The third-order valence-corrected chi connectivity index (χ3v) is 5.22. The van der Waals surface area contributed by atoms with Crippen molar-refractivity contribution in [3.05, 3.63) is 85.2 Å². The lowest BCUT2D eigenvalue weighted by molar-refractivity contribution is 0.0955. The zero-order chi connectivity index (χ0) is 18.7. The van der Waals surface area contributed by atoms with Crippen molar-refractivity contribution in [1.29, 1.82) is 0 Å². The minimum atomic E-state index is -0.242. The van der Waals surface area contributed by atoms with Crippen LogP contribution in [0.1, 0.15) is 27.3 Å². The van der Waals surface area contributed by atoms with E-state index in [0.29, 0.717) is 5.56 Å². The highest BCUT2D eigenvalue weighted by Crippen LogP contribution is 2.20. The lowest BCUT2D eigenvalue weighted by atomic mass is 10.2. The van der Waals surface area contributed by atoms with Crippen LogP contribution in [0, 0.1) is 17.4 Å². The average molecular weight is 522 g/mol. The number of aryl methyl sites for hydroxylation is 1. The van der Waals surface area contributed by atoms with E-state index in [2.05, 4.69) is 90.9 Å². The highest BCUT2D eigenvalue weighted by atomic mass is 127. The topological polar surface area (TPSA) is 46.4 Å². The first-order chi connectivity index (χ1) is 12.5. The molecule has 0 fully saturated rings. The fourth-order valence-electron chi connectivity index (χ4n) is 2.76. The van der Waals surface area contributed by atoms with Gasteiger partial charge in [0.2, 0.25) is 0 Å². The molecule has 3 aromatic rings. The van der Waals surface area contributed by atoms with E-state index in [1.54, 1.807) is 18.3 Å². The second kappa shape index (κ2) is 8.18. The first-order valence-corrected chi connectivity index (χ1v) is 9.87. The molecule has 0 spiro atoms. The van der Waals surface area contributed by atoms with Crippen molar-refractivity contribution in [1.82, 2.24) is 9.99 Å². The Morgan fingerprint density at radius 2 is 1.88 bits per heavy atom. The number of nitrogens with zero attached hydrogens (tertiary/aromatic N) is 2. The van der Waals surface area contributed by atoms with Crippen LogP contribution < -0.4 is 5.43 Å². The molecule has 0 saturated carbocycles. The van der Waals surface area contributed by atoms with Gasteiger partial charge < -0.3 is 4.57 Å². The van der Waals surface area contributed by atoms with Gasteiger partial charge in [-0.1, -0.05) is 22.0 Å². The smallest absolute Gasteiger partial charge is 0.271 e. The maximum atomic E-state index is 12.1. The van der Waals surface area contributed by atoms with Gasteiger partial charge in [0.15, 0.2) is 0 Å². The van der Waals surface area contributed by atoms with Crippen LogP contribution in [-0.4, -0.2) is 16.7 Å². The number of nitrogens with one attached hydrogen (secondary N) is 1. The SMILES string of the molecule is Cc1cc(/C=N\NC(=O)c2cccc(Br)c2)c(C)n1-c1ccc(I)cc1. The maximum Gasteiger partial charge on any atom is 0.271 e. The molecule has 0 aliphatic rings. The monoisotopic (exact) mass is 521 g/mol. The summed E-state index contributed by atoms with van der Waals surface area (Å²) in [5.74, 6) is -0.242.